The SMILES string of the molecule is O=C(CNS(=O)(=O)c1ccccc1)c1ccc(Cl)cc1. The molecular formula is C14H12ClNO3S. The fourth-order valence-electron chi connectivity index (χ4n) is 1.58. The van der Waals surface area contributed by atoms with E-state index in [1.54, 1.807) is 42.5 Å². The molecule has 0 heterocycles. The second-order valence-corrected chi connectivity index (χ2v) is 6.27. The van der Waals surface area contributed by atoms with E-state index >= 15 is 0 Å². The van der Waals surface area contributed by atoms with Crippen LogP contribution in [0.1, 0.15) is 10.4 Å². The summed E-state index contributed by atoms with van der Waals surface area (Å²) in [7, 11) is -3.67. The number of carbonyl (C=O) groups is 1. The van der Waals surface area contributed by atoms with Crippen molar-refractivity contribution in [3.63, 3.8) is 0 Å². The predicted octanol–water partition coefficient (Wildman–Crippen LogP) is 2.50. The molecule has 0 saturated carbocycles. The molecule has 20 heavy (non-hydrogen) atoms. The summed E-state index contributed by atoms with van der Waals surface area (Å²) < 4.78 is 26.2. The van der Waals surface area contributed by atoms with Crippen LogP contribution in [0.2, 0.25) is 5.02 Å². The summed E-state index contributed by atoms with van der Waals surface area (Å²) in [5.74, 6) is -0.318. The highest BCUT2D eigenvalue weighted by Crippen LogP contribution is 2.11. The normalized spacial score (nSPS) is 11.2. The minimum absolute atomic E-state index is 0.129. The number of halogens is 1. The van der Waals surface area contributed by atoms with Crippen molar-refractivity contribution in [3.05, 3.63) is 65.2 Å². The van der Waals surface area contributed by atoms with Crippen molar-refractivity contribution >= 4 is 27.4 Å². The molecule has 0 radical (unpaired) electrons. The van der Waals surface area contributed by atoms with E-state index in [0.717, 1.165) is 0 Å². The van der Waals surface area contributed by atoms with Crippen LogP contribution in [0.15, 0.2) is 59.5 Å². The molecule has 6 heteroatoms. The van der Waals surface area contributed by atoms with E-state index in [1.165, 1.54) is 12.1 Å². The second-order valence-electron chi connectivity index (χ2n) is 4.07. The molecular weight excluding hydrogens is 298 g/mol. The number of benzene rings is 2. The molecule has 0 aliphatic carbocycles. The quantitative estimate of drug-likeness (QED) is 0.863. The molecule has 0 saturated heterocycles. The van der Waals surface area contributed by atoms with Crippen LogP contribution >= 0.6 is 11.6 Å². The van der Waals surface area contributed by atoms with Gasteiger partial charge in [-0.1, -0.05) is 29.8 Å². The van der Waals surface area contributed by atoms with Crippen LogP contribution in [0, 0.1) is 0 Å². The molecule has 0 unspecified atom stereocenters. The lowest BCUT2D eigenvalue weighted by Crippen LogP contribution is -2.29. The Labute approximate surface area is 122 Å². The number of ketones is 1. The number of sulfonamides is 1. The molecule has 2 aromatic carbocycles. The summed E-state index contributed by atoms with van der Waals surface area (Å²) in [6, 6.07) is 14.2. The van der Waals surface area contributed by atoms with E-state index in [0.29, 0.717) is 10.6 Å². The maximum Gasteiger partial charge on any atom is 0.240 e. The molecule has 1 N–H and O–H groups in total. The number of hydrogen-bond donors (Lipinski definition) is 1. The van der Waals surface area contributed by atoms with E-state index in [2.05, 4.69) is 4.72 Å². The van der Waals surface area contributed by atoms with Crippen molar-refractivity contribution < 1.29 is 13.2 Å². The number of hydrogen-bond acceptors (Lipinski definition) is 3. The van der Waals surface area contributed by atoms with E-state index in [9.17, 15) is 13.2 Å². The van der Waals surface area contributed by atoms with Crippen molar-refractivity contribution in [2.24, 2.45) is 0 Å². The summed E-state index contributed by atoms with van der Waals surface area (Å²) in [6.07, 6.45) is 0. The van der Waals surface area contributed by atoms with Crippen molar-refractivity contribution in [2.45, 2.75) is 4.90 Å². The molecule has 2 rings (SSSR count). The first-order chi connectivity index (χ1) is 9.49. The van der Waals surface area contributed by atoms with Crippen LogP contribution in [0.25, 0.3) is 0 Å². The average molecular weight is 310 g/mol. The molecule has 0 fully saturated rings. The van der Waals surface area contributed by atoms with Crippen LogP contribution in [0.3, 0.4) is 0 Å². The molecule has 0 spiro atoms. The molecule has 0 amide bonds. The zero-order chi connectivity index (χ0) is 14.6. The van der Waals surface area contributed by atoms with E-state index in [-0.39, 0.29) is 17.2 Å². The van der Waals surface area contributed by atoms with Crippen LogP contribution in [-0.4, -0.2) is 20.7 Å². The van der Waals surface area contributed by atoms with Crippen molar-refractivity contribution in [2.75, 3.05) is 6.54 Å². The average Bonchev–Trinajstić information content (AvgIpc) is 2.46. The summed E-state index contributed by atoms with van der Waals surface area (Å²) in [5.41, 5.74) is 0.408. The molecule has 0 aliphatic heterocycles. The van der Waals surface area contributed by atoms with Gasteiger partial charge in [-0.3, -0.25) is 4.79 Å². The van der Waals surface area contributed by atoms with Gasteiger partial charge in [0.2, 0.25) is 10.0 Å². The van der Waals surface area contributed by atoms with Crippen LogP contribution in [-0.2, 0) is 10.0 Å². The Balaban J connectivity index is 2.05. The minimum atomic E-state index is -3.67. The van der Waals surface area contributed by atoms with Gasteiger partial charge in [0.15, 0.2) is 5.78 Å². The first kappa shape index (κ1) is 14.7. The summed E-state index contributed by atoms with van der Waals surface area (Å²) in [5, 5.41) is 0.520. The summed E-state index contributed by atoms with van der Waals surface area (Å²) >= 11 is 5.72. The molecule has 0 aliphatic rings. The Morgan fingerprint density at radius 1 is 1.00 bits per heavy atom. The Morgan fingerprint density at radius 3 is 2.20 bits per heavy atom. The molecule has 2 aromatic rings. The van der Waals surface area contributed by atoms with Crippen molar-refractivity contribution in [1.82, 2.24) is 4.72 Å². The number of nitrogens with one attached hydrogen (secondary N) is 1. The maximum atomic E-state index is 11.9. The van der Waals surface area contributed by atoms with Crippen LogP contribution in [0.4, 0.5) is 0 Å². The molecule has 0 bridgehead atoms. The topological polar surface area (TPSA) is 63.2 Å². The van der Waals surface area contributed by atoms with Gasteiger partial charge >= 0.3 is 0 Å². The van der Waals surface area contributed by atoms with E-state index in [4.69, 9.17) is 11.6 Å². The lowest BCUT2D eigenvalue weighted by atomic mass is 10.1. The Hall–Kier alpha value is -1.69. The number of carbonyl (C=O) groups excluding carboxylic acids is 1. The second kappa shape index (κ2) is 6.17. The Morgan fingerprint density at radius 2 is 1.60 bits per heavy atom. The maximum absolute atomic E-state index is 11.9. The fourth-order valence-corrected chi connectivity index (χ4v) is 2.71. The van der Waals surface area contributed by atoms with Gasteiger partial charge in [-0.2, -0.15) is 0 Å². The zero-order valence-corrected chi connectivity index (χ0v) is 12.0. The predicted molar refractivity (Wildman–Crippen MR) is 77.4 cm³/mol. The van der Waals surface area contributed by atoms with Gasteiger partial charge in [0.05, 0.1) is 11.4 Å². The fraction of sp³-hybridized carbons (Fsp3) is 0.0714. The van der Waals surface area contributed by atoms with Gasteiger partial charge in [-0.05, 0) is 36.4 Å². The number of Topliss-reactive ketones (excluding diaryl/α,β-unsaturated/α-hetero) is 1. The van der Waals surface area contributed by atoms with Gasteiger partial charge in [-0.25, -0.2) is 13.1 Å². The third-order valence-electron chi connectivity index (χ3n) is 2.64. The highest BCUT2D eigenvalue weighted by atomic mass is 35.5. The van der Waals surface area contributed by atoms with Gasteiger partial charge in [-0.15, -0.1) is 0 Å². The third-order valence-corrected chi connectivity index (χ3v) is 4.31. The van der Waals surface area contributed by atoms with E-state index < -0.39 is 10.0 Å². The molecule has 0 aromatic heterocycles. The number of rotatable bonds is 5. The van der Waals surface area contributed by atoms with Crippen LogP contribution in [0.5, 0.6) is 0 Å². The van der Waals surface area contributed by atoms with Crippen molar-refractivity contribution in [3.8, 4) is 0 Å². The molecule has 0 atom stereocenters. The Bertz CT molecular complexity index is 697. The largest absolute Gasteiger partial charge is 0.293 e. The summed E-state index contributed by atoms with van der Waals surface area (Å²) in [6.45, 7) is -0.293. The molecule has 104 valence electrons. The first-order valence-electron chi connectivity index (χ1n) is 5.82. The molecule has 4 nitrogen and oxygen atoms in total. The lowest BCUT2D eigenvalue weighted by Gasteiger charge is -2.06. The minimum Gasteiger partial charge on any atom is -0.293 e. The standard InChI is InChI=1S/C14H12ClNO3S/c15-12-8-6-11(7-9-12)14(17)10-16-20(18,19)13-4-2-1-3-5-13/h1-9,16H,10H2. The Kier molecular flexibility index (Phi) is 4.54. The zero-order valence-electron chi connectivity index (χ0n) is 10.4. The highest BCUT2D eigenvalue weighted by Gasteiger charge is 2.15. The highest BCUT2D eigenvalue weighted by molar-refractivity contribution is 7.89. The van der Waals surface area contributed by atoms with Gasteiger partial charge in [0.1, 0.15) is 0 Å². The van der Waals surface area contributed by atoms with E-state index in [1.807, 2.05) is 0 Å². The third kappa shape index (κ3) is 3.66. The monoisotopic (exact) mass is 309 g/mol. The summed E-state index contributed by atoms with van der Waals surface area (Å²) in [4.78, 5) is 12.0. The van der Waals surface area contributed by atoms with Gasteiger partial charge in [0, 0.05) is 10.6 Å². The smallest absolute Gasteiger partial charge is 0.240 e. The van der Waals surface area contributed by atoms with Gasteiger partial charge < -0.3 is 0 Å². The lowest BCUT2D eigenvalue weighted by molar-refractivity contribution is 0.0997. The van der Waals surface area contributed by atoms with Crippen molar-refractivity contribution in [1.29, 1.82) is 0 Å². The first-order valence-corrected chi connectivity index (χ1v) is 7.68. The van der Waals surface area contributed by atoms with Gasteiger partial charge in [0.25, 0.3) is 0 Å². The van der Waals surface area contributed by atoms with Crippen LogP contribution < -0.4 is 4.72 Å².